The van der Waals surface area contributed by atoms with Gasteiger partial charge in [0.25, 0.3) is 0 Å². The summed E-state index contributed by atoms with van der Waals surface area (Å²) in [5.41, 5.74) is 2.70. The van der Waals surface area contributed by atoms with E-state index in [0.717, 1.165) is 45.9 Å². The van der Waals surface area contributed by atoms with Gasteiger partial charge in [0.15, 0.2) is 0 Å². The van der Waals surface area contributed by atoms with Crippen molar-refractivity contribution in [3.63, 3.8) is 0 Å². The largest absolute Gasteiger partial charge is 0.380 e. The zero-order valence-corrected chi connectivity index (χ0v) is 14.8. The zero-order chi connectivity index (χ0) is 16.1. The molecule has 0 saturated heterocycles. The zero-order valence-electron chi connectivity index (χ0n) is 14.0. The van der Waals surface area contributed by atoms with E-state index >= 15 is 0 Å². The summed E-state index contributed by atoms with van der Waals surface area (Å²) in [7, 11) is 4.15. The van der Waals surface area contributed by atoms with Crippen molar-refractivity contribution in [2.75, 3.05) is 40.4 Å². The van der Waals surface area contributed by atoms with E-state index in [9.17, 15) is 0 Å². The summed E-state index contributed by atoms with van der Waals surface area (Å²) in [6.45, 7) is 6.53. The number of fused-ring (bicyclic) bond motifs is 1. The normalized spacial score (nSPS) is 19.0. The van der Waals surface area contributed by atoms with Gasteiger partial charge in [0, 0.05) is 44.8 Å². The van der Waals surface area contributed by atoms with E-state index in [1.54, 1.807) is 11.3 Å². The van der Waals surface area contributed by atoms with Gasteiger partial charge in [0.1, 0.15) is 0 Å². The smallest absolute Gasteiger partial charge is 0.0593 e. The highest BCUT2D eigenvalue weighted by Crippen LogP contribution is 2.19. The lowest BCUT2D eigenvalue weighted by Crippen LogP contribution is -2.30. The summed E-state index contributed by atoms with van der Waals surface area (Å²) >= 11 is 1.77. The third-order valence-electron chi connectivity index (χ3n) is 4.16. The number of rotatable bonds is 7. The average Bonchev–Trinajstić information content (AvgIpc) is 3.13. The van der Waals surface area contributed by atoms with Crippen molar-refractivity contribution < 1.29 is 4.74 Å². The van der Waals surface area contributed by atoms with Crippen LogP contribution in [0.3, 0.4) is 0 Å². The van der Waals surface area contributed by atoms with Crippen LogP contribution in [-0.2, 0) is 24.4 Å². The van der Waals surface area contributed by atoms with E-state index in [-0.39, 0.29) is 0 Å². The maximum Gasteiger partial charge on any atom is 0.0593 e. The standard InChI is InChI=1S/C17H26N4OS/c1-19(2)6-7-22-13-16-10-20(9-15-4-8-23-14-15)12-17-3-5-18-21(17)11-16/h3-5,8,14,16H,6-7,9-13H2,1-2H3/t16-/m0/s1. The van der Waals surface area contributed by atoms with E-state index in [4.69, 9.17) is 4.74 Å². The van der Waals surface area contributed by atoms with Crippen LogP contribution in [-0.4, -0.2) is 60.0 Å². The van der Waals surface area contributed by atoms with Crippen molar-refractivity contribution in [2.45, 2.75) is 19.6 Å². The Morgan fingerprint density at radius 2 is 2.26 bits per heavy atom. The maximum atomic E-state index is 5.91. The van der Waals surface area contributed by atoms with E-state index < -0.39 is 0 Å². The number of thiophene rings is 1. The molecular formula is C17H26N4OS. The van der Waals surface area contributed by atoms with Crippen molar-refractivity contribution >= 4 is 11.3 Å². The molecule has 6 heteroatoms. The van der Waals surface area contributed by atoms with Crippen LogP contribution in [0.5, 0.6) is 0 Å². The van der Waals surface area contributed by atoms with Crippen LogP contribution in [0.4, 0.5) is 0 Å². The van der Waals surface area contributed by atoms with Crippen molar-refractivity contribution in [3.8, 4) is 0 Å². The fourth-order valence-corrected chi connectivity index (χ4v) is 3.64. The minimum absolute atomic E-state index is 0.483. The summed E-state index contributed by atoms with van der Waals surface area (Å²) in [4.78, 5) is 4.67. The van der Waals surface area contributed by atoms with E-state index in [0.29, 0.717) is 5.92 Å². The number of aromatic nitrogens is 2. The molecule has 23 heavy (non-hydrogen) atoms. The molecule has 0 radical (unpaired) electrons. The van der Waals surface area contributed by atoms with Gasteiger partial charge in [-0.05, 0) is 42.6 Å². The Balaban J connectivity index is 1.60. The molecule has 0 aromatic carbocycles. The molecule has 126 valence electrons. The van der Waals surface area contributed by atoms with Crippen LogP contribution in [0.2, 0.25) is 0 Å². The SMILES string of the molecule is CN(C)CCOC[C@H]1CN(Cc2ccsc2)Cc2ccnn2C1. The first-order valence-corrected chi connectivity index (χ1v) is 9.11. The monoisotopic (exact) mass is 334 g/mol. The second kappa shape index (κ2) is 8.06. The topological polar surface area (TPSA) is 33.5 Å². The highest BCUT2D eigenvalue weighted by atomic mass is 32.1. The number of hydrogen-bond acceptors (Lipinski definition) is 5. The van der Waals surface area contributed by atoms with Crippen LogP contribution >= 0.6 is 11.3 Å². The number of likely N-dealkylation sites (N-methyl/N-ethyl adjacent to an activating group) is 1. The van der Waals surface area contributed by atoms with E-state index in [2.05, 4.69) is 56.6 Å². The molecule has 0 aliphatic carbocycles. The number of hydrogen-bond donors (Lipinski definition) is 0. The molecule has 2 aromatic heterocycles. The van der Waals surface area contributed by atoms with Crippen molar-refractivity contribution in [3.05, 3.63) is 40.3 Å². The minimum Gasteiger partial charge on any atom is -0.380 e. The van der Waals surface area contributed by atoms with E-state index in [1.165, 1.54) is 11.3 Å². The molecular weight excluding hydrogens is 308 g/mol. The van der Waals surface area contributed by atoms with Crippen LogP contribution in [0.15, 0.2) is 29.1 Å². The Morgan fingerprint density at radius 1 is 1.35 bits per heavy atom. The first kappa shape index (κ1) is 16.6. The second-order valence-electron chi connectivity index (χ2n) is 6.55. The minimum atomic E-state index is 0.483. The van der Waals surface area contributed by atoms with Gasteiger partial charge < -0.3 is 9.64 Å². The fourth-order valence-electron chi connectivity index (χ4n) is 2.98. The maximum absolute atomic E-state index is 5.91. The van der Waals surface area contributed by atoms with Crippen LogP contribution < -0.4 is 0 Å². The van der Waals surface area contributed by atoms with Gasteiger partial charge in [0.05, 0.1) is 18.9 Å². The molecule has 2 aromatic rings. The molecule has 1 aliphatic rings. The summed E-state index contributed by atoms with van der Waals surface area (Å²) in [5, 5.41) is 8.88. The lowest BCUT2D eigenvalue weighted by molar-refractivity contribution is 0.0673. The predicted octanol–water partition coefficient (Wildman–Crippen LogP) is 2.15. The Bertz CT molecular complexity index is 581. The van der Waals surface area contributed by atoms with Crippen LogP contribution in [0.25, 0.3) is 0 Å². The van der Waals surface area contributed by atoms with Gasteiger partial charge in [-0.25, -0.2) is 0 Å². The molecule has 0 saturated carbocycles. The molecule has 0 spiro atoms. The van der Waals surface area contributed by atoms with Crippen molar-refractivity contribution in [1.29, 1.82) is 0 Å². The van der Waals surface area contributed by atoms with Gasteiger partial charge in [-0.3, -0.25) is 9.58 Å². The second-order valence-corrected chi connectivity index (χ2v) is 7.33. The van der Waals surface area contributed by atoms with Gasteiger partial charge in [-0.15, -0.1) is 0 Å². The highest BCUT2D eigenvalue weighted by Gasteiger charge is 2.22. The first-order valence-electron chi connectivity index (χ1n) is 8.17. The Kier molecular flexibility index (Phi) is 5.83. The molecule has 0 amide bonds. The number of ether oxygens (including phenoxy) is 1. The molecule has 0 unspecified atom stereocenters. The average molecular weight is 334 g/mol. The molecule has 3 heterocycles. The van der Waals surface area contributed by atoms with Crippen LogP contribution in [0.1, 0.15) is 11.3 Å². The lowest BCUT2D eigenvalue weighted by atomic mass is 10.1. The van der Waals surface area contributed by atoms with Gasteiger partial charge in [-0.2, -0.15) is 16.4 Å². The molecule has 0 N–H and O–H groups in total. The molecule has 3 rings (SSSR count). The van der Waals surface area contributed by atoms with E-state index in [1.807, 2.05) is 6.20 Å². The van der Waals surface area contributed by atoms with Gasteiger partial charge in [-0.1, -0.05) is 0 Å². The Labute approximate surface area is 142 Å². The van der Waals surface area contributed by atoms with Gasteiger partial charge >= 0.3 is 0 Å². The highest BCUT2D eigenvalue weighted by molar-refractivity contribution is 7.07. The van der Waals surface area contributed by atoms with Crippen molar-refractivity contribution in [2.24, 2.45) is 5.92 Å². The van der Waals surface area contributed by atoms with Gasteiger partial charge in [0.2, 0.25) is 0 Å². The first-order chi connectivity index (χ1) is 11.2. The summed E-state index contributed by atoms with van der Waals surface area (Å²) in [5.74, 6) is 0.483. The Morgan fingerprint density at radius 3 is 3.04 bits per heavy atom. The third kappa shape index (κ3) is 4.88. The predicted molar refractivity (Wildman–Crippen MR) is 93.5 cm³/mol. The molecule has 0 bridgehead atoms. The summed E-state index contributed by atoms with van der Waals surface area (Å²) < 4.78 is 8.05. The Hall–Kier alpha value is -1.21. The summed E-state index contributed by atoms with van der Waals surface area (Å²) in [6.07, 6.45) is 1.91. The molecule has 1 aliphatic heterocycles. The summed E-state index contributed by atoms with van der Waals surface area (Å²) in [6, 6.07) is 4.35. The molecule has 1 atom stereocenters. The third-order valence-corrected chi connectivity index (χ3v) is 4.89. The number of nitrogens with zero attached hydrogens (tertiary/aromatic N) is 4. The molecule has 5 nitrogen and oxygen atoms in total. The molecule has 0 fully saturated rings. The fraction of sp³-hybridized carbons (Fsp3) is 0.588. The van der Waals surface area contributed by atoms with Crippen molar-refractivity contribution in [1.82, 2.24) is 19.6 Å². The van der Waals surface area contributed by atoms with Crippen LogP contribution in [0, 0.1) is 5.92 Å². The quantitative estimate of drug-likeness (QED) is 0.727. The lowest BCUT2D eigenvalue weighted by Gasteiger charge is -2.23.